The van der Waals surface area contributed by atoms with E-state index in [4.69, 9.17) is 9.47 Å². The van der Waals surface area contributed by atoms with E-state index in [2.05, 4.69) is 10.6 Å². The summed E-state index contributed by atoms with van der Waals surface area (Å²) in [4.78, 5) is 24.0. The average molecular weight is 382 g/mol. The summed E-state index contributed by atoms with van der Waals surface area (Å²) in [6.45, 7) is 1.61. The van der Waals surface area contributed by atoms with E-state index >= 15 is 0 Å². The van der Waals surface area contributed by atoms with Crippen molar-refractivity contribution in [2.24, 2.45) is 0 Å². The van der Waals surface area contributed by atoms with Gasteiger partial charge in [-0.25, -0.2) is 0 Å². The first-order chi connectivity index (χ1) is 13.7. The largest absolute Gasteiger partial charge is 0.491 e. The Morgan fingerprint density at radius 1 is 1.07 bits per heavy atom. The molecule has 28 heavy (non-hydrogen) atoms. The second-order valence-corrected chi connectivity index (χ2v) is 6.78. The zero-order valence-corrected chi connectivity index (χ0v) is 15.9. The summed E-state index contributed by atoms with van der Waals surface area (Å²) in [5.41, 5.74) is 1.62. The van der Waals surface area contributed by atoms with Gasteiger partial charge in [-0.15, -0.1) is 0 Å². The van der Waals surface area contributed by atoms with E-state index in [1.807, 2.05) is 48.5 Å². The Morgan fingerprint density at radius 2 is 1.93 bits per heavy atom. The summed E-state index contributed by atoms with van der Waals surface area (Å²) >= 11 is 0. The lowest BCUT2D eigenvalue weighted by atomic mass is 10.1. The highest BCUT2D eigenvalue weighted by Crippen LogP contribution is 2.19. The van der Waals surface area contributed by atoms with Crippen molar-refractivity contribution >= 4 is 17.5 Å². The first-order valence-electron chi connectivity index (χ1n) is 9.64. The van der Waals surface area contributed by atoms with Crippen LogP contribution in [-0.2, 0) is 20.7 Å². The molecule has 0 aliphatic carbocycles. The van der Waals surface area contributed by atoms with Crippen LogP contribution in [0.5, 0.6) is 5.75 Å². The van der Waals surface area contributed by atoms with Gasteiger partial charge < -0.3 is 20.1 Å². The summed E-state index contributed by atoms with van der Waals surface area (Å²) in [5, 5.41) is 5.60. The van der Waals surface area contributed by atoms with Crippen LogP contribution in [0.4, 0.5) is 5.69 Å². The molecule has 0 spiro atoms. The third-order valence-electron chi connectivity index (χ3n) is 4.46. The Labute approximate surface area is 165 Å². The first kappa shape index (κ1) is 19.9. The standard InChI is InChI=1S/C22H26N2O4/c25-21(11-12-23-22(26)14-17-6-2-1-3-7-17)24-18-8-4-9-19(15-18)28-16-20-10-5-13-27-20/h1-4,6-9,15,20H,5,10-14,16H2,(H,23,26)(H,24,25). The Morgan fingerprint density at radius 3 is 2.71 bits per heavy atom. The van der Waals surface area contributed by atoms with Gasteiger partial charge in [0.25, 0.3) is 0 Å². The van der Waals surface area contributed by atoms with E-state index in [0.717, 1.165) is 25.0 Å². The van der Waals surface area contributed by atoms with Crippen molar-refractivity contribution in [3.05, 3.63) is 60.2 Å². The van der Waals surface area contributed by atoms with Gasteiger partial charge in [0.2, 0.25) is 11.8 Å². The van der Waals surface area contributed by atoms with Crippen LogP contribution < -0.4 is 15.4 Å². The van der Waals surface area contributed by atoms with Crippen molar-refractivity contribution < 1.29 is 19.1 Å². The van der Waals surface area contributed by atoms with Crippen LogP contribution in [0.25, 0.3) is 0 Å². The molecule has 2 N–H and O–H groups in total. The van der Waals surface area contributed by atoms with Crippen LogP contribution in [0.3, 0.4) is 0 Å². The molecule has 0 bridgehead atoms. The van der Waals surface area contributed by atoms with Gasteiger partial charge in [0.15, 0.2) is 0 Å². The summed E-state index contributed by atoms with van der Waals surface area (Å²) in [6.07, 6.45) is 2.77. The molecule has 6 heteroatoms. The van der Waals surface area contributed by atoms with Gasteiger partial charge in [0.05, 0.1) is 12.5 Å². The van der Waals surface area contributed by atoms with Crippen LogP contribution in [0.2, 0.25) is 0 Å². The van der Waals surface area contributed by atoms with Gasteiger partial charge in [0.1, 0.15) is 12.4 Å². The van der Waals surface area contributed by atoms with Crippen molar-refractivity contribution in [2.45, 2.75) is 31.8 Å². The van der Waals surface area contributed by atoms with Gasteiger partial charge >= 0.3 is 0 Å². The smallest absolute Gasteiger partial charge is 0.226 e. The quantitative estimate of drug-likeness (QED) is 0.699. The molecule has 1 aliphatic rings. The monoisotopic (exact) mass is 382 g/mol. The molecule has 1 atom stereocenters. The minimum absolute atomic E-state index is 0.0940. The van der Waals surface area contributed by atoms with Crippen molar-refractivity contribution in [1.82, 2.24) is 5.32 Å². The SMILES string of the molecule is O=C(Cc1ccccc1)NCCC(=O)Nc1cccc(OCC2CCCO2)c1. The van der Waals surface area contributed by atoms with Crippen molar-refractivity contribution in [1.29, 1.82) is 0 Å². The van der Waals surface area contributed by atoms with E-state index < -0.39 is 0 Å². The number of hydrogen-bond donors (Lipinski definition) is 2. The lowest BCUT2D eigenvalue weighted by Crippen LogP contribution is -2.28. The number of nitrogens with one attached hydrogen (secondary N) is 2. The molecule has 1 fully saturated rings. The number of carbonyl (C=O) groups is 2. The fourth-order valence-corrected chi connectivity index (χ4v) is 3.01. The molecule has 1 unspecified atom stereocenters. The minimum atomic E-state index is -0.156. The third-order valence-corrected chi connectivity index (χ3v) is 4.46. The Hall–Kier alpha value is -2.86. The molecule has 0 saturated carbocycles. The average Bonchev–Trinajstić information content (AvgIpc) is 3.21. The number of carbonyl (C=O) groups excluding carboxylic acids is 2. The number of benzene rings is 2. The minimum Gasteiger partial charge on any atom is -0.491 e. The van der Waals surface area contributed by atoms with Gasteiger partial charge in [-0.2, -0.15) is 0 Å². The number of rotatable bonds is 9. The molecule has 1 aliphatic heterocycles. The zero-order chi connectivity index (χ0) is 19.6. The second-order valence-electron chi connectivity index (χ2n) is 6.78. The topological polar surface area (TPSA) is 76.7 Å². The van der Waals surface area contributed by atoms with Gasteiger partial charge in [0, 0.05) is 31.3 Å². The maximum Gasteiger partial charge on any atom is 0.226 e. The van der Waals surface area contributed by atoms with Gasteiger partial charge in [-0.05, 0) is 30.5 Å². The van der Waals surface area contributed by atoms with Crippen molar-refractivity contribution in [3.8, 4) is 5.75 Å². The summed E-state index contributed by atoms with van der Waals surface area (Å²) < 4.78 is 11.3. The highest BCUT2D eigenvalue weighted by atomic mass is 16.5. The van der Waals surface area contributed by atoms with E-state index in [-0.39, 0.29) is 24.3 Å². The molecule has 1 saturated heterocycles. The van der Waals surface area contributed by atoms with Crippen LogP contribution >= 0.6 is 0 Å². The highest BCUT2D eigenvalue weighted by Gasteiger charge is 2.16. The molecular formula is C22H26N2O4. The number of anilines is 1. The van der Waals surface area contributed by atoms with Crippen LogP contribution in [0, 0.1) is 0 Å². The first-order valence-corrected chi connectivity index (χ1v) is 9.64. The normalized spacial score (nSPS) is 15.8. The van der Waals surface area contributed by atoms with Crippen LogP contribution in [-0.4, -0.2) is 37.7 Å². The molecule has 2 amide bonds. The molecule has 1 heterocycles. The predicted molar refractivity (Wildman–Crippen MR) is 107 cm³/mol. The molecule has 148 valence electrons. The van der Waals surface area contributed by atoms with Crippen molar-refractivity contribution in [3.63, 3.8) is 0 Å². The summed E-state index contributed by atoms with van der Waals surface area (Å²) in [5.74, 6) is 0.448. The van der Waals surface area contributed by atoms with Crippen molar-refractivity contribution in [2.75, 3.05) is 25.1 Å². The Bertz CT molecular complexity index is 773. The second kappa shape index (κ2) is 10.5. The fraction of sp³-hybridized carbons (Fsp3) is 0.364. The summed E-state index contributed by atoms with van der Waals surface area (Å²) in [6, 6.07) is 16.8. The van der Waals surface area contributed by atoms with E-state index in [9.17, 15) is 9.59 Å². The van der Waals surface area contributed by atoms with Crippen LogP contribution in [0.1, 0.15) is 24.8 Å². The van der Waals surface area contributed by atoms with E-state index in [1.54, 1.807) is 6.07 Å². The molecule has 2 aromatic rings. The van der Waals surface area contributed by atoms with Crippen LogP contribution in [0.15, 0.2) is 54.6 Å². The summed E-state index contributed by atoms with van der Waals surface area (Å²) in [7, 11) is 0. The maximum absolute atomic E-state index is 12.1. The highest BCUT2D eigenvalue weighted by molar-refractivity contribution is 5.91. The molecular weight excluding hydrogens is 356 g/mol. The van der Waals surface area contributed by atoms with E-state index in [0.29, 0.717) is 31.0 Å². The van der Waals surface area contributed by atoms with E-state index in [1.165, 1.54) is 0 Å². The Kier molecular flexibility index (Phi) is 7.44. The predicted octanol–water partition coefficient (Wildman–Crippen LogP) is 2.93. The lowest BCUT2D eigenvalue weighted by molar-refractivity contribution is -0.120. The number of hydrogen-bond acceptors (Lipinski definition) is 4. The van der Waals surface area contributed by atoms with Gasteiger partial charge in [-0.3, -0.25) is 9.59 Å². The molecule has 0 aromatic heterocycles. The fourth-order valence-electron chi connectivity index (χ4n) is 3.01. The number of ether oxygens (including phenoxy) is 2. The molecule has 0 radical (unpaired) electrons. The molecule has 3 rings (SSSR count). The Balaban J connectivity index is 1.37. The molecule has 6 nitrogen and oxygen atoms in total. The zero-order valence-electron chi connectivity index (χ0n) is 15.9. The third kappa shape index (κ3) is 6.70. The maximum atomic E-state index is 12.1. The molecule has 2 aromatic carbocycles. The lowest BCUT2D eigenvalue weighted by Gasteiger charge is -2.12. The number of amides is 2. The van der Waals surface area contributed by atoms with Gasteiger partial charge in [-0.1, -0.05) is 36.4 Å².